The summed E-state index contributed by atoms with van der Waals surface area (Å²) in [6.07, 6.45) is 3.24. The Morgan fingerprint density at radius 3 is 2.47 bits per heavy atom. The molecule has 0 saturated carbocycles. The van der Waals surface area contributed by atoms with Crippen molar-refractivity contribution in [2.75, 3.05) is 0 Å². The van der Waals surface area contributed by atoms with E-state index in [0.29, 0.717) is 22.6 Å². The monoisotopic (exact) mass is 252 g/mol. The molecule has 0 aliphatic heterocycles. The van der Waals surface area contributed by atoms with E-state index in [1.807, 2.05) is 26.0 Å². The van der Waals surface area contributed by atoms with Crippen LogP contribution in [0.1, 0.15) is 11.1 Å². The fourth-order valence-corrected chi connectivity index (χ4v) is 1.93. The first kappa shape index (κ1) is 11.5. The SMILES string of the molecule is Cc1cc2nc(-c3ncccn3)[nH]c(=O)c2cc1C. The first-order valence-electron chi connectivity index (χ1n) is 5.94. The molecule has 3 rings (SSSR count). The van der Waals surface area contributed by atoms with Crippen molar-refractivity contribution in [1.82, 2.24) is 19.9 Å². The lowest BCUT2D eigenvalue weighted by Crippen LogP contribution is -2.11. The normalized spacial score (nSPS) is 10.8. The van der Waals surface area contributed by atoms with E-state index in [4.69, 9.17) is 0 Å². The Labute approximate surface area is 109 Å². The Bertz CT molecular complexity index is 809. The predicted molar refractivity (Wildman–Crippen MR) is 72.9 cm³/mol. The molecular weight excluding hydrogens is 240 g/mol. The van der Waals surface area contributed by atoms with Crippen LogP contribution in [0, 0.1) is 13.8 Å². The van der Waals surface area contributed by atoms with Crippen LogP contribution in [0.5, 0.6) is 0 Å². The highest BCUT2D eigenvalue weighted by Gasteiger charge is 2.08. The zero-order valence-electron chi connectivity index (χ0n) is 10.6. The third kappa shape index (κ3) is 1.99. The van der Waals surface area contributed by atoms with E-state index in [1.165, 1.54) is 0 Å². The van der Waals surface area contributed by atoms with Crippen LogP contribution >= 0.6 is 0 Å². The van der Waals surface area contributed by atoms with Crippen molar-refractivity contribution < 1.29 is 0 Å². The second-order valence-electron chi connectivity index (χ2n) is 4.44. The van der Waals surface area contributed by atoms with E-state index in [0.717, 1.165) is 11.1 Å². The lowest BCUT2D eigenvalue weighted by Gasteiger charge is -2.04. The third-order valence-corrected chi connectivity index (χ3v) is 3.10. The Hall–Kier alpha value is -2.56. The first-order valence-corrected chi connectivity index (χ1v) is 5.94. The highest BCUT2D eigenvalue weighted by atomic mass is 16.1. The maximum Gasteiger partial charge on any atom is 0.259 e. The quantitative estimate of drug-likeness (QED) is 0.719. The number of benzene rings is 1. The molecule has 3 aromatic rings. The summed E-state index contributed by atoms with van der Waals surface area (Å²) >= 11 is 0. The Morgan fingerprint density at radius 2 is 1.74 bits per heavy atom. The molecule has 0 unspecified atom stereocenters. The fourth-order valence-electron chi connectivity index (χ4n) is 1.93. The molecule has 0 bridgehead atoms. The molecule has 19 heavy (non-hydrogen) atoms. The number of hydrogen-bond donors (Lipinski definition) is 1. The molecule has 1 N–H and O–H groups in total. The zero-order chi connectivity index (χ0) is 13.4. The number of hydrogen-bond acceptors (Lipinski definition) is 4. The molecule has 0 spiro atoms. The van der Waals surface area contributed by atoms with Crippen LogP contribution in [0.25, 0.3) is 22.6 Å². The minimum atomic E-state index is -0.171. The first-order chi connectivity index (χ1) is 9.15. The minimum Gasteiger partial charge on any atom is -0.303 e. The van der Waals surface area contributed by atoms with Crippen molar-refractivity contribution in [3.63, 3.8) is 0 Å². The van der Waals surface area contributed by atoms with Gasteiger partial charge in [-0.2, -0.15) is 0 Å². The van der Waals surface area contributed by atoms with Gasteiger partial charge in [0.15, 0.2) is 11.6 Å². The van der Waals surface area contributed by atoms with Crippen molar-refractivity contribution in [3.8, 4) is 11.6 Å². The van der Waals surface area contributed by atoms with Gasteiger partial charge in [-0.25, -0.2) is 15.0 Å². The summed E-state index contributed by atoms with van der Waals surface area (Å²) in [5, 5.41) is 0.586. The number of fused-ring (bicyclic) bond motifs is 1. The molecule has 2 heterocycles. The van der Waals surface area contributed by atoms with E-state index in [-0.39, 0.29) is 5.56 Å². The average molecular weight is 252 g/mol. The largest absolute Gasteiger partial charge is 0.303 e. The van der Waals surface area contributed by atoms with Crippen LogP contribution in [-0.4, -0.2) is 19.9 Å². The minimum absolute atomic E-state index is 0.171. The van der Waals surface area contributed by atoms with Gasteiger partial charge in [0.05, 0.1) is 10.9 Å². The van der Waals surface area contributed by atoms with E-state index >= 15 is 0 Å². The Balaban J connectivity index is 2.31. The van der Waals surface area contributed by atoms with Gasteiger partial charge >= 0.3 is 0 Å². The van der Waals surface area contributed by atoms with Crippen LogP contribution in [0.3, 0.4) is 0 Å². The number of H-pyrrole nitrogens is 1. The highest BCUT2D eigenvalue weighted by molar-refractivity contribution is 5.80. The summed E-state index contributed by atoms with van der Waals surface area (Å²) in [7, 11) is 0. The Kier molecular flexibility index (Phi) is 2.59. The molecule has 0 aliphatic rings. The number of aryl methyl sites for hydroxylation is 2. The summed E-state index contributed by atoms with van der Waals surface area (Å²) in [6, 6.07) is 5.48. The number of aromatic amines is 1. The maximum absolute atomic E-state index is 12.1. The van der Waals surface area contributed by atoms with Gasteiger partial charge in [0, 0.05) is 12.4 Å². The van der Waals surface area contributed by atoms with Crippen molar-refractivity contribution in [1.29, 1.82) is 0 Å². The van der Waals surface area contributed by atoms with Crippen LogP contribution in [0.4, 0.5) is 0 Å². The molecule has 0 aliphatic carbocycles. The van der Waals surface area contributed by atoms with Gasteiger partial charge < -0.3 is 4.98 Å². The number of aromatic nitrogens is 4. The summed E-state index contributed by atoms with van der Waals surface area (Å²) in [6.45, 7) is 3.97. The van der Waals surface area contributed by atoms with E-state index in [2.05, 4.69) is 19.9 Å². The second kappa shape index (κ2) is 4.28. The van der Waals surface area contributed by atoms with E-state index in [1.54, 1.807) is 18.5 Å². The van der Waals surface area contributed by atoms with Crippen LogP contribution in [-0.2, 0) is 0 Å². The predicted octanol–water partition coefficient (Wildman–Crippen LogP) is 2.00. The van der Waals surface area contributed by atoms with Gasteiger partial charge in [-0.05, 0) is 43.2 Å². The highest BCUT2D eigenvalue weighted by Crippen LogP contribution is 2.16. The van der Waals surface area contributed by atoms with Gasteiger partial charge in [0.25, 0.3) is 5.56 Å². The molecule has 94 valence electrons. The smallest absolute Gasteiger partial charge is 0.259 e. The summed E-state index contributed by atoms with van der Waals surface area (Å²) < 4.78 is 0. The molecule has 1 aromatic carbocycles. The number of nitrogens with one attached hydrogen (secondary N) is 1. The van der Waals surface area contributed by atoms with Gasteiger partial charge in [-0.1, -0.05) is 0 Å². The van der Waals surface area contributed by atoms with E-state index in [9.17, 15) is 4.79 Å². The molecule has 0 saturated heterocycles. The van der Waals surface area contributed by atoms with Crippen LogP contribution in [0.2, 0.25) is 0 Å². The van der Waals surface area contributed by atoms with Crippen molar-refractivity contribution in [2.45, 2.75) is 13.8 Å². The van der Waals surface area contributed by atoms with Crippen LogP contribution < -0.4 is 5.56 Å². The number of rotatable bonds is 1. The lowest BCUT2D eigenvalue weighted by molar-refractivity contribution is 1.08. The van der Waals surface area contributed by atoms with Gasteiger partial charge in [-0.15, -0.1) is 0 Å². The standard InChI is InChI=1S/C14H12N4O/c1-8-6-10-11(7-9(8)2)17-13(18-14(10)19)12-15-4-3-5-16-12/h3-7H,1-2H3,(H,17,18,19). The number of nitrogens with zero attached hydrogens (tertiary/aromatic N) is 3. The molecule has 5 heteroatoms. The van der Waals surface area contributed by atoms with Crippen molar-refractivity contribution >= 4 is 10.9 Å². The van der Waals surface area contributed by atoms with Crippen LogP contribution in [0.15, 0.2) is 35.4 Å². The zero-order valence-corrected chi connectivity index (χ0v) is 10.6. The maximum atomic E-state index is 12.1. The van der Waals surface area contributed by atoms with Gasteiger partial charge in [0.2, 0.25) is 0 Å². The summed E-state index contributed by atoms with van der Waals surface area (Å²) in [5.41, 5.74) is 2.67. The fraction of sp³-hybridized carbons (Fsp3) is 0.143. The average Bonchev–Trinajstić information content (AvgIpc) is 2.42. The topological polar surface area (TPSA) is 71.5 Å². The molecular formula is C14H12N4O. The Morgan fingerprint density at radius 1 is 1.05 bits per heavy atom. The molecule has 0 fully saturated rings. The third-order valence-electron chi connectivity index (χ3n) is 3.10. The van der Waals surface area contributed by atoms with Crippen molar-refractivity contribution in [3.05, 3.63) is 52.1 Å². The molecule has 0 radical (unpaired) electrons. The van der Waals surface area contributed by atoms with E-state index < -0.39 is 0 Å². The van der Waals surface area contributed by atoms with Crippen molar-refractivity contribution in [2.24, 2.45) is 0 Å². The molecule has 0 atom stereocenters. The molecule has 5 nitrogen and oxygen atoms in total. The molecule has 0 amide bonds. The second-order valence-corrected chi connectivity index (χ2v) is 4.44. The van der Waals surface area contributed by atoms with Gasteiger partial charge in [-0.3, -0.25) is 4.79 Å². The molecule has 2 aromatic heterocycles. The summed E-state index contributed by atoms with van der Waals surface area (Å²) in [4.78, 5) is 27.4. The summed E-state index contributed by atoms with van der Waals surface area (Å²) in [5.74, 6) is 0.807. The van der Waals surface area contributed by atoms with Gasteiger partial charge in [0.1, 0.15) is 0 Å². The lowest BCUT2D eigenvalue weighted by atomic mass is 10.1.